The van der Waals surface area contributed by atoms with Gasteiger partial charge >= 0.3 is 0 Å². The summed E-state index contributed by atoms with van der Waals surface area (Å²) in [6, 6.07) is 0. The second-order valence-electron chi connectivity index (χ2n) is 12.9. The van der Waals surface area contributed by atoms with Crippen molar-refractivity contribution in [2.75, 3.05) is 6.61 Å². The standard InChI is InChI=1S/C27H42O4/c1-15-10-12-27(30-14-15)16(2)21-20(31-27)13-19-18-9-8-17-7-5-6-11-25(17,3)22(18)23(28)24(29)26(19,21)4/h15-22,24,29H,5-14H2,1-4H3/t15-,16+,17?,18+,19+,20+,21+,22-,24?,25+,26+,27-/m1/s1. The zero-order valence-corrected chi connectivity index (χ0v) is 19.9. The van der Waals surface area contributed by atoms with Gasteiger partial charge in [-0.15, -0.1) is 0 Å². The summed E-state index contributed by atoms with van der Waals surface area (Å²) < 4.78 is 13.2. The average Bonchev–Trinajstić information content (AvgIpc) is 3.19. The fourth-order valence-corrected chi connectivity index (χ4v) is 10.1. The number of aliphatic hydroxyl groups is 1. The highest BCUT2D eigenvalue weighted by atomic mass is 16.7. The number of hydrogen-bond donors (Lipinski definition) is 1. The van der Waals surface area contributed by atoms with E-state index in [1.165, 1.54) is 25.7 Å². The number of carbonyl (C=O) groups excluding carboxylic acids is 1. The van der Waals surface area contributed by atoms with Crippen LogP contribution in [0.25, 0.3) is 0 Å². The molecule has 0 bridgehead atoms. The first kappa shape index (κ1) is 21.1. The summed E-state index contributed by atoms with van der Waals surface area (Å²) in [7, 11) is 0. The van der Waals surface area contributed by atoms with Gasteiger partial charge in [-0.05, 0) is 67.6 Å². The Bertz CT molecular complexity index is 756. The molecule has 2 aliphatic heterocycles. The summed E-state index contributed by atoms with van der Waals surface area (Å²) in [6.45, 7) is 9.91. The maximum Gasteiger partial charge on any atom is 0.171 e. The molecule has 4 saturated carbocycles. The molecule has 6 aliphatic rings. The van der Waals surface area contributed by atoms with Gasteiger partial charge in [0.15, 0.2) is 11.6 Å². The minimum absolute atomic E-state index is 0.0505. The number of carbonyl (C=O) groups is 1. The topological polar surface area (TPSA) is 55.8 Å². The second kappa shape index (κ2) is 6.79. The first-order valence-electron chi connectivity index (χ1n) is 13.3. The molecule has 1 N–H and O–H groups in total. The van der Waals surface area contributed by atoms with Gasteiger partial charge < -0.3 is 14.6 Å². The van der Waals surface area contributed by atoms with Crippen LogP contribution in [0.1, 0.15) is 85.5 Å². The fourth-order valence-electron chi connectivity index (χ4n) is 10.1. The van der Waals surface area contributed by atoms with Gasteiger partial charge in [0.2, 0.25) is 0 Å². The molecule has 0 amide bonds. The van der Waals surface area contributed by atoms with Gasteiger partial charge in [0.05, 0.1) is 12.7 Å². The van der Waals surface area contributed by atoms with E-state index in [4.69, 9.17) is 9.47 Å². The summed E-state index contributed by atoms with van der Waals surface area (Å²) in [6.07, 6.45) is 9.77. The van der Waals surface area contributed by atoms with Crippen molar-refractivity contribution >= 4 is 5.78 Å². The van der Waals surface area contributed by atoms with Gasteiger partial charge in [-0.25, -0.2) is 0 Å². The molecule has 0 aromatic carbocycles. The molecular formula is C27H42O4. The van der Waals surface area contributed by atoms with Crippen LogP contribution in [0.3, 0.4) is 0 Å². The summed E-state index contributed by atoms with van der Waals surface area (Å²) in [4.78, 5) is 14.0. The highest BCUT2D eigenvalue weighted by molar-refractivity contribution is 5.88. The normalized spacial score (nSPS) is 60.9. The lowest BCUT2D eigenvalue weighted by molar-refractivity contribution is -0.273. The van der Waals surface area contributed by atoms with Crippen molar-refractivity contribution in [3.8, 4) is 0 Å². The van der Waals surface area contributed by atoms with E-state index in [0.717, 1.165) is 38.7 Å². The minimum Gasteiger partial charge on any atom is -0.385 e. The van der Waals surface area contributed by atoms with Crippen molar-refractivity contribution in [1.82, 2.24) is 0 Å². The quantitative estimate of drug-likeness (QED) is 0.589. The van der Waals surface area contributed by atoms with E-state index in [9.17, 15) is 9.90 Å². The molecule has 4 aliphatic carbocycles. The predicted molar refractivity (Wildman–Crippen MR) is 118 cm³/mol. The molecule has 2 unspecified atom stereocenters. The van der Waals surface area contributed by atoms with Gasteiger partial charge in [-0.2, -0.15) is 0 Å². The highest BCUT2D eigenvalue weighted by Crippen LogP contribution is 2.70. The van der Waals surface area contributed by atoms with Crippen LogP contribution in [0.4, 0.5) is 0 Å². The number of fused-ring (bicyclic) bond motifs is 7. The zero-order chi connectivity index (χ0) is 21.8. The summed E-state index contributed by atoms with van der Waals surface area (Å²) in [5.41, 5.74) is -0.287. The van der Waals surface area contributed by atoms with Crippen molar-refractivity contribution in [2.45, 2.75) is 103 Å². The second-order valence-corrected chi connectivity index (χ2v) is 12.9. The molecule has 31 heavy (non-hydrogen) atoms. The largest absolute Gasteiger partial charge is 0.385 e. The predicted octanol–water partition coefficient (Wildman–Crippen LogP) is 4.97. The molecule has 1 spiro atoms. The van der Waals surface area contributed by atoms with Gasteiger partial charge in [-0.3, -0.25) is 4.79 Å². The molecule has 2 saturated heterocycles. The van der Waals surface area contributed by atoms with E-state index in [1.54, 1.807) is 0 Å². The Morgan fingerprint density at radius 3 is 2.58 bits per heavy atom. The minimum atomic E-state index is -0.852. The molecular weight excluding hydrogens is 388 g/mol. The Balaban J connectivity index is 1.35. The third kappa shape index (κ3) is 2.56. The van der Waals surface area contributed by atoms with E-state index in [1.807, 2.05) is 0 Å². The number of ketones is 1. The summed E-state index contributed by atoms with van der Waals surface area (Å²) >= 11 is 0. The van der Waals surface area contributed by atoms with Gasteiger partial charge in [0.1, 0.15) is 6.10 Å². The Labute approximate surface area is 187 Å². The first-order valence-corrected chi connectivity index (χ1v) is 13.3. The van der Waals surface area contributed by atoms with Crippen molar-refractivity contribution in [3.63, 3.8) is 0 Å². The van der Waals surface area contributed by atoms with Crippen molar-refractivity contribution in [3.05, 3.63) is 0 Å². The van der Waals surface area contributed by atoms with Gasteiger partial charge in [0.25, 0.3) is 0 Å². The molecule has 0 radical (unpaired) electrons. The highest BCUT2D eigenvalue weighted by Gasteiger charge is 2.73. The SMILES string of the molecule is C[C@@H]1CC[C@@]2(OC1)O[C@H]1C[C@H]3[C@@H]4CCC5CCCC[C@]5(C)[C@H]4C(=O)C(O)[C@]3(C)[C@H]1[C@@H]2C. The van der Waals surface area contributed by atoms with E-state index >= 15 is 0 Å². The fraction of sp³-hybridized carbons (Fsp3) is 0.963. The molecule has 6 fully saturated rings. The van der Waals surface area contributed by atoms with Crippen molar-refractivity contribution in [1.29, 1.82) is 0 Å². The lowest BCUT2D eigenvalue weighted by Crippen LogP contribution is -2.63. The number of ether oxygens (including phenoxy) is 2. The molecule has 12 atom stereocenters. The molecule has 6 rings (SSSR count). The van der Waals surface area contributed by atoms with Gasteiger partial charge in [-0.1, -0.05) is 40.5 Å². The average molecular weight is 431 g/mol. The number of aliphatic hydroxyl groups excluding tert-OH is 1. The van der Waals surface area contributed by atoms with Crippen LogP contribution < -0.4 is 0 Å². The zero-order valence-electron chi connectivity index (χ0n) is 19.9. The molecule has 0 aromatic heterocycles. The van der Waals surface area contributed by atoms with E-state index in [0.29, 0.717) is 23.7 Å². The van der Waals surface area contributed by atoms with Gasteiger partial charge in [0, 0.05) is 29.6 Å². The Morgan fingerprint density at radius 2 is 1.84 bits per heavy atom. The van der Waals surface area contributed by atoms with Crippen LogP contribution in [0.15, 0.2) is 0 Å². The third-order valence-corrected chi connectivity index (χ3v) is 11.7. The number of Topliss-reactive ketones (excluding diaryl/α,β-unsaturated/α-hetero) is 1. The molecule has 174 valence electrons. The smallest absolute Gasteiger partial charge is 0.171 e. The molecule has 4 heteroatoms. The third-order valence-electron chi connectivity index (χ3n) is 11.7. The summed E-state index contributed by atoms with van der Waals surface area (Å²) in [5, 5.41) is 11.7. The molecule has 2 heterocycles. The Kier molecular flexibility index (Phi) is 4.62. The van der Waals surface area contributed by atoms with E-state index in [2.05, 4.69) is 27.7 Å². The van der Waals surface area contributed by atoms with Crippen LogP contribution in [0.2, 0.25) is 0 Å². The maximum absolute atomic E-state index is 14.0. The maximum atomic E-state index is 14.0. The summed E-state index contributed by atoms with van der Waals surface area (Å²) in [5.74, 6) is 2.22. The van der Waals surface area contributed by atoms with Crippen LogP contribution in [-0.2, 0) is 14.3 Å². The van der Waals surface area contributed by atoms with Crippen LogP contribution in [-0.4, -0.2) is 35.5 Å². The number of hydrogen-bond acceptors (Lipinski definition) is 4. The van der Waals surface area contributed by atoms with Crippen LogP contribution in [0.5, 0.6) is 0 Å². The monoisotopic (exact) mass is 430 g/mol. The van der Waals surface area contributed by atoms with Crippen LogP contribution >= 0.6 is 0 Å². The van der Waals surface area contributed by atoms with Crippen molar-refractivity contribution in [2.24, 2.45) is 52.3 Å². The van der Waals surface area contributed by atoms with E-state index < -0.39 is 11.9 Å². The lowest BCUT2D eigenvalue weighted by atomic mass is 9.43. The van der Waals surface area contributed by atoms with E-state index in [-0.39, 0.29) is 40.5 Å². The Hall–Kier alpha value is -0.450. The lowest BCUT2D eigenvalue weighted by Gasteiger charge is -2.61. The molecule has 4 nitrogen and oxygen atoms in total. The van der Waals surface area contributed by atoms with Crippen LogP contribution in [0, 0.1) is 52.3 Å². The number of rotatable bonds is 0. The molecule has 0 aromatic rings. The van der Waals surface area contributed by atoms with Crippen molar-refractivity contribution < 1.29 is 19.4 Å². The Morgan fingerprint density at radius 1 is 1.03 bits per heavy atom. The first-order chi connectivity index (χ1) is 14.7.